The Bertz CT molecular complexity index is 773. The van der Waals surface area contributed by atoms with Crippen LogP contribution < -0.4 is 10.2 Å². The van der Waals surface area contributed by atoms with Crippen LogP contribution in [0.3, 0.4) is 0 Å². The van der Waals surface area contributed by atoms with Crippen molar-refractivity contribution in [2.75, 3.05) is 57.9 Å². The van der Waals surface area contributed by atoms with Gasteiger partial charge in [-0.2, -0.15) is 0 Å². The SMILES string of the molecule is COC1CN(c2ccc(C3CN(C(=O)N4CCC5OCC(=O)N[C@@H]5C4)C3)cc2)C1. The van der Waals surface area contributed by atoms with Crippen molar-refractivity contribution in [2.24, 2.45) is 0 Å². The fourth-order valence-corrected chi connectivity index (χ4v) is 4.67. The van der Waals surface area contributed by atoms with Gasteiger partial charge in [0.2, 0.25) is 5.91 Å². The average Bonchev–Trinajstić information content (AvgIpc) is 2.66. The van der Waals surface area contributed by atoms with Crippen LogP contribution in [-0.2, 0) is 14.3 Å². The third-order valence-electron chi connectivity index (χ3n) is 6.66. The van der Waals surface area contributed by atoms with E-state index in [1.54, 1.807) is 7.11 Å². The van der Waals surface area contributed by atoms with E-state index in [4.69, 9.17) is 9.47 Å². The number of ether oxygens (including phenoxy) is 2. The lowest BCUT2D eigenvalue weighted by molar-refractivity contribution is -0.139. The Hall–Kier alpha value is -2.32. The highest BCUT2D eigenvalue weighted by atomic mass is 16.5. The van der Waals surface area contributed by atoms with Crippen molar-refractivity contribution in [3.8, 4) is 0 Å². The first kappa shape index (κ1) is 18.7. The summed E-state index contributed by atoms with van der Waals surface area (Å²) in [7, 11) is 1.76. The number of methoxy groups -OCH3 is 1. The van der Waals surface area contributed by atoms with Gasteiger partial charge in [0.05, 0.1) is 18.2 Å². The van der Waals surface area contributed by atoms with Gasteiger partial charge in [-0.1, -0.05) is 12.1 Å². The first-order valence-corrected chi connectivity index (χ1v) is 10.4. The summed E-state index contributed by atoms with van der Waals surface area (Å²) in [6.45, 7) is 4.75. The number of likely N-dealkylation sites (tertiary alicyclic amines) is 2. The van der Waals surface area contributed by atoms with Crippen molar-refractivity contribution in [3.63, 3.8) is 0 Å². The Kier molecular flexibility index (Phi) is 4.83. The first-order chi connectivity index (χ1) is 14.1. The zero-order valence-corrected chi connectivity index (χ0v) is 16.8. The molecule has 1 aromatic carbocycles. The number of carbonyl (C=O) groups excluding carboxylic acids is 2. The van der Waals surface area contributed by atoms with Crippen LogP contribution in [0.15, 0.2) is 24.3 Å². The number of nitrogens with zero attached hydrogens (tertiary/aromatic N) is 3. The van der Waals surface area contributed by atoms with Crippen molar-refractivity contribution in [2.45, 2.75) is 30.6 Å². The number of piperidine rings is 1. The van der Waals surface area contributed by atoms with Gasteiger partial charge in [0.25, 0.3) is 0 Å². The Morgan fingerprint density at radius 1 is 1.10 bits per heavy atom. The van der Waals surface area contributed by atoms with Gasteiger partial charge in [-0.3, -0.25) is 4.79 Å². The third-order valence-corrected chi connectivity index (χ3v) is 6.66. The second-order valence-corrected chi connectivity index (χ2v) is 8.50. The Labute approximate surface area is 170 Å². The van der Waals surface area contributed by atoms with E-state index in [0.717, 1.165) is 32.6 Å². The molecule has 0 spiro atoms. The predicted octanol–water partition coefficient (Wildman–Crippen LogP) is 0.630. The molecule has 2 atom stereocenters. The lowest BCUT2D eigenvalue weighted by atomic mass is 9.91. The van der Waals surface area contributed by atoms with Crippen LogP contribution in [0.4, 0.5) is 10.5 Å². The van der Waals surface area contributed by atoms with E-state index in [2.05, 4.69) is 34.5 Å². The van der Waals surface area contributed by atoms with E-state index < -0.39 is 0 Å². The largest absolute Gasteiger partial charge is 0.378 e. The number of amides is 3. The zero-order valence-electron chi connectivity index (χ0n) is 16.8. The summed E-state index contributed by atoms with van der Waals surface area (Å²) in [6, 6.07) is 8.69. The molecule has 8 nitrogen and oxygen atoms in total. The van der Waals surface area contributed by atoms with E-state index in [9.17, 15) is 9.59 Å². The maximum absolute atomic E-state index is 12.8. The molecule has 4 aliphatic heterocycles. The van der Waals surface area contributed by atoms with Gasteiger partial charge in [-0.25, -0.2) is 4.79 Å². The molecule has 4 fully saturated rings. The van der Waals surface area contributed by atoms with Crippen LogP contribution in [0.2, 0.25) is 0 Å². The second-order valence-electron chi connectivity index (χ2n) is 8.50. The molecular formula is C21H28N4O4. The zero-order chi connectivity index (χ0) is 20.0. The van der Waals surface area contributed by atoms with Crippen molar-refractivity contribution in [3.05, 3.63) is 29.8 Å². The molecule has 5 rings (SSSR count). The molecule has 4 heterocycles. The van der Waals surface area contributed by atoms with Crippen LogP contribution in [0.5, 0.6) is 0 Å². The van der Waals surface area contributed by atoms with E-state index in [1.807, 2.05) is 9.80 Å². The summed E-state index contributed by atoms with van der Waals surface area (Å²) in [5.74, 6) is 0.301. The van der Waals surface area contributed by atoms with Crippen molar-refractivity contribution in [1.29, 1.82) is 0 Å². The monoisotopic (exact) mass is 400 g/mol. The number of carbonyl (C=O) groups is 2. The number of hydrogen-bond donors (Lipinski definition) is 1. The Morgan fingerprint density at radius 2 is 1.86 bits per heavy atom. The van der Waals surface area contributed by atoms with Crippen LogP contribution in [0.1, 0.15) is 17.9 Å². The van der Waals surface area contributed by atoms with E-state index >= 15 is 0 Å². The quantitative estimate of drug-likeness (QED) is 0.806. The summed E-state index contributed by atoms with van der Waals surface area (Å²) in [4.78, 5) is 30.5. The molecule has 1 unspecified atom stereocenters. The van der Waals surface area contributed by atoms with Gasteiger partial charge in [0.1, 0.15) is 6.61 Å². The van der Waals surface area contributed by atoms with Crippen LogP contribution in [-0.4, -0.2) is 93.0 Å². The van der Waals surface area contributed by atoms with Gasteiger partial charge in [0.15, 0.2) is 0 Å². The number of benzene rings is 1. The maximum Gasteiger partial charge on any atom is 0.320 e. The van der Waals surface area contributed by atoms with Crippen molar-refractivity contribution in [1.82, 2.24) is 15.1 Å². The molecule has 0 radical (unpaired) electrons. The van der Waals surface area contributed by atoms with Gasteiger partial charge >= 0.3 is 6.03 Å². The van der Waals surface area contributed by atoms with E-state index in [0.29, 0.717) is 25.1 Å². The highest BCUT2D eigenvalue weighted by Gasteiger charge is 2.40. The van der Waals surface area contributed by atoms with E-state index in [-0.39, 0.29) is 30.7 Å². The minimum Gasteiger partial charge on any atom is -0.378 e. The highest BCUT2D eigenvalue weighted by molar-refractivity contribution is 5.79. The molecular weight excluding hydrogens is 372 g/mol. The first-order valence-electron chi connectivity index (χ1n) is 10.4. The number of hydrogen-bond acceptors (Lipinski definition) is 5. The van der Waals surface area contributed by atoms with Gasteiger partial charge in [-0.05, 0) is 24.1 Å². The molecule has 0 aliphatic carbocycles. The fraction of sp³-hybridized carbons (Fsp3) is 0.619. The molecule has 0 bridgehead atoms. The number of anilines is 1. The number of fused-ring (bicyclic) bond motifs is 1. The van der Waals surface area contributed by atoms with Gasteiger partial charge in [0, 0.05) is 58.0 Å². The van der Waals surface area contributed by atoms with Gasteiger partial charge in [-0.15, -0.1) is 0 Å². The number of morpholine rings is 1. The topological polar surface area (TPSA) is 74.3 Å². The normalized spacial score (nSPS) is 27.8. The third kappa shape index (κ3) is 3.55. The lowest BCUT2D eigenvalue weighted by Crippen LogP contribution is -2.63. The van der Waals surface area contributed by atoms with Crippen molar-refractivity contribution < 1.29 is 19.1 Å². The molecule has 3 amide bonds. The van der Waals surface area contributed by atoms with Crippen molar-refractivity contribution >= 4 is 17.6 Å². The van der Waals surface area contributed by atoms with Crippen LogP contribution in [0.25, 0.3) is 0 Å². The summed E-state index contributed by atoms with van der Waals surface area (Å²) in [5.41, 5.74) is 2.52. The number of rotatable bonds is 3. The standard InChI is InChI=1S/C21H28N4O4/c1-28-17-10-24(11-17)16-4-2-14(3-5-16)15-8-25(9-15)21(27)23-7-6-19-18(12-23)22-20(26)13-29-19/h2-5,15,17-19H,6-13H2,1H3,(H,22,26)/t18-,19?/m1/s1. The molecule has 8 heteroatoms. The lowest BCUT2D eigenvalue weighted by Gasteiger charge is -2.46. The van der Waals surface area contributed by atoms with Crippen LogP contribution in [0, 0.1) is 0 Å². The average molecular weight is 400 g/mol. The number of urea groups is 1. The molecule has 1 aromatic rings. The maximum atomic E-state index is 12.8. The highest BCUT2D eigenvalue weighted by Crippen LogP contribution is 2.31. The predicted molar refractivity (Wildman–Crippen MR) is 107 cm³/mol. The van der Waals surface area contributed by atoms with Gasteiger partial charge < -0.3 is 29.5 Å². The summed E-state index contributed by atoms with van der Waals surface area (Å²) in [6.07, 6.45) is 1.15. The molecule has 4 aliphatic rings. The molecule has 0 aromatic heterocycles. The molecule has 0 saturated carbocycles. The number of nitrogens with one attached hydrogen (secondary N) is 1. The van der Waals surface area contributed by atoms with Crippen LogP contribution >= 0.6 is 0 Å². The smallest absolute Gasteiger partial charge is 0.320 e. The molecule has 4 saturated heterocycles. The molecule has 1 N–H and O–H groups in total. The molecule has 29 heavy (non-hydrogen) atoms. The summed E-state index contributed by atoms with van der Waals surface area (Å²) < 4.78 is 10.9. The second kappa shape index (κ2) is 7.50. The van der Waals surface area contributed by atoms with E-state index in [1.165, 1.54) is 11.3 Å². The minimum absolute atomic E-state index is 0.0324. The summed E-state index contributed by atoms with van der Waals surface area (Å²) in [5, 5.41) is 2.95. The minimum atomic E-state index is -0.0935. The molecule has 156 valence electrons. The summed E-state index contributed by atoms with van der Waals surface area (Å²) >= 11 is 0. The fourth-order valence-electron chi connectivity index (χ4n) is 4.67. The Morgan fingerprint density at radius 3 is 2.59 bits per heavy atom. The Balaban J connectivity index is 1.12.